The molecule has 0 unspecified atom stereocenters. The summed E-state index contributed by atoms with van der Waals surface area (Å²) in [6.07, 6.45) is 5.19. The van der Waals surface area contributed by atoms with E-state index in [4.69, 9.17) is 4.74 Å². The van der Waals surface area contributed by atoms with E-state index < -0.39 is 5.97 Å². The monoisotopic (exact) mass is 362 g/mol. The number of amides is 1. The van der Waals surface area contributed by atoms with Crippen LogP contribution in [-0.4, -0.2) is 47.2 Å². The lowest BCUT2D eigenvalue weighted by atomic mass is 9.88. The number of H-pyrrole nitrogens is 1. The third kappa shape index (κ3) is 4.34. The lowest BCUT2D eigenvalue weighted by Crippen LogP contribution is -2.40. The van der Waals surface area contributed by atoms with Gasteiger partial charge >= 0.3 is 5.97 Å². The smallest absolute Gasteiger partial charge is 0.355 e. The molecule has 1 N–H and O–H groups in total. The predicted molar refractivity (Wildman–Crippen MR) is 99.4 cm³/mol. The number of hydrogen-bond donors (Lipinski definition) is 1. The fourth-order valence-electron chi connectivity index (χ4n) is 3.78. The summed E-state index contributed by atoms with van der Waals surface area (Å²) in [5.74, 6) is -0.479. The van der Waals surface area contributed by atoms with E-state index in [1.807, 2.05) is 6.92 Å². The molecule has 1 aromatic heterocycles. The molecule has 0 saturated heterocycles. The van der Waals surface area contributed by atoms with E-state index in [9.17, 15) is 14.4 Å². The first-order valence-electron chi connectivity index (χ1n) is 9.58. The fourth-order valence-corrected chi connectivity index (χ4v) is 3.78. The van der Waals surface area contributed by atoms with E-state index >= 15 is 0 Å². The van der Waals surface area contributed by atoms with Crippen molar-refractivity contribution in [2.45, 2.75) is 59.8 Å². The summed E-state index contributed by atoms with van der Waals surface area (Å²) >= 11 is 0. The topological polar surface area (TPSA) is 79.5 Å². The lowest BCUT2D eigenvalue weighted by Gasteiger charge is -2.28. The molecule has 26 heavy (non-hydrogen) atoms. The molecule has 1 heterocycles. The van der Waals surface area contributed by atoms with Gasteiger partial charge in [0.1, 0.15) is 5.69 Å². The molecule has 0 bridgehead atoms. The molecule has 0 aromatic carbocycles. The second-order valence-corrected chi connectivity index (χ2v) is 6.96. The molecule has 1 fully saturated rings. The summed E-state index contributed by atoms with van der Waals surface area (Å²) in [6, 6.07) is 0. The standard InChI is InChI=1S/C20H30N2O4/c1-5-22(19(24)15-10-8-7-9-11-15)12-16(23)17-13(3)18(21-14(17)4)20(25)26-6-2/h15,21H,5-12H2,1-4H3. The lowest BCUT2D eigenvalue weighted by molar-refractivity contribution is -0.135. The van der Waals surface area contributed by atoms with Crippen molar-refractivity contribution in [3.63, 3.8) is 0 Å². The highest BCUT2D eigenvalue weighted by atomic mass is 16.5. The highest BCUT2D eigenvalue weighted by Gasteiger charge is 2.29. The summed E-state index contributed by atoms with van der Waals surface area (Å²) in [4.78, 5) is 42.3. The van der Waals surface area contributed by atoms with Crippen molar-refractivity contribution in [1.29, 1.82) is 0 Å². The maximum atomic E-state index is 12.9. The highest BCUT2D eigenvalue weighted by Crippen LogP contribution is 2.26. The molecule has 1 amide bonds. The molecule has 1 saturated carbocycles. The molecule has 1 aliphatic carbocycles. The second-order valence-electron chi connectivity index (χ2n) is 6.96. The number of hydrogen-bond acceptors (Lipinski definition) is 4. The van der Waals surface area contributed by atoms with Crippen LogP contribution in [-0.2, 0) is 9.53 Å². The number of aromatic amines is 1. The zero-order chi connectivity index (χ0) is 19.3. The van der Waals surface area contributed by atoms with Gasteiger partial charge in [0.25, 0.3) is 0 Å². The van der Waals surface area contributed by atoms with Crippen molar-refractivity contribution in [1.82, 2.24) is 9.88 Å². The summed E-state index contributed by atoms with van der Waals surface area (Å²) in [7, 11) is 0. The van der Waals surface area contributed by atoms with Crippen molar-refractivity contribution in [3.05, 3.63) is 22.5 Å². The normalized spacial score (nSPS) is 14.9. The van der Waals surface area contributed by atoms with Crippen LogP contribution < -0.4 is 0 Å². The van der Waals surface area contributed by atoms with Gasteiger partial charge in [-0.1, -0.05) is 19.3 Å². The molecule has 6 nitrogen and oxygen atoms in total. The van der Waals surface area contributed by atoms with Crippen molar-refractivity contribution < 1.29 is 19.1 Å². The Morgan fingerprint density at radius 2 is 1.77 bits per heavy atom. The van der Waals surface area contributed by atoms with E-state index in [-0.39, 0.29) is 30.8 Å². The number of ether oxygens (including phenoxy) is 1. The summed E-state index contributed by atoms with van der Waals surface area (Å²) < 4.78 is 5.03. The molecule has 1 aromatic rings. The van der Waals surface area contributed by atoms with Crippen LogP contribution in [0.1, 0.15) is 78.1 Å². The minimum Gasteiger partial charge on any atom is -0.461 e. The van der Waals surface area contributed by atoms with Crippen molar-refractivity contribution in [2.75, 3.05) is 19.7 Å². The number of rotatable bonds is 7. The Morgan fingerprint density at radius 3 is 2.35 bits per heavy atom. The van der Waals surface area contributed by atoms with E-state index in [0.717, 1.165) is 25.7 Å². The second kappa shape index (κ2) is 9.01. The van der Waals surface area contributed by atoms with Gasteiger partial charge in [-0.2, -0.15) is 0 Å². The van der Waals surface area contributed by atoms with Crippen molar-refractivity contribution in [3.8, 4) is 0 Å². The summed E-state index contributed by atoms with van der Waals surface area (Å²) in [5.41, 5.74) is 2.03. The minimum absolute atomic E-state index is 0.0417. The fraction of sp³-hybridized carbons (Fsp3) is 0.650. The van der Waals surface area contributed by atoms with Gasteiger partial charge in [-0.05, 0) is 46.1 Å². The maximum absolute atomic E-state index is 12.9. The molecular formula is C20H30N2O4. The van der Waals surface area contributed by atoms with Crippen molar-refractivity contribution >= 4 is 17.7 Å². The van der Waals surface area contributed by atoms with E-state index in [1.165, 1.54) is 6.42 Å². The van der Waals surface area contributed by atoms with Crippen molar-refractivity contribution in [2.24, 2.45) is 5.92 Å². The average molecular weight is 362 g/mol. The Labute approximate surface area is 155 Å². The number of carbonyl (C=O) groups excluding carboxylic acids is 3. The molecule has 2 rings (SSSR count). The molecule has 0 aliphatic heterocycles. The van der Waals surface area contributed by atoms with Crippen LogP contribution in [0.5, 0.6) is 0 Å². The molecule has 144 valence electrons. The van der Waals surface area contributed by atoms with E-state index in [0.29, 0.717) is 29.1 Å². The quantitative estimate of drug-likeness (QED) is 0.595. The van der Waals surface area contributed by atoms with Gasteiger partial charge in [-0.15, -0.1) is 0 Å². The Morgan fingerprint density at radius 1 is 1.12 bits per heavy atom. The van der Waals surface area contributed by atoms with Crippen LogP contribution in [0.3, 0.4) is 0 Å². The number of likely N-dealkylation sites (N-methyl/N-ethyl adjacent to an activating group) is 1. The largest absolute Gasteiger partial charge is 0.461 e. The van der Waals surface area contributed by atoms with Crippen LogP contribution in [0.15, 0.2) is 0 Å². The number of aromatic nitrogens is 1. The van der Waals surface area contributed by atoms with Gasteiger partial charge in [-0.3, -0.25) is 9.59 Å². The Bertz CT molecular complexity index is 672. The Balaban J connectivity index is 2.15. The van der Waals surface area contributed by atoms with E-state index in [1.54, 1.807) is 25.7 Å². The molecule has 0 radical (unpaired) electrons. The average Bonchev–Trinajstić information content (AvgIpc) is 2.94. The number of esters is 1. The number of carbonyl (C=O) groups is 3. The number of nitrogens with one attached hydrogen (secondary N) is 1. The van der Waals surface area contributed by atoms with Gasteiger partial charge in [0.05, 0.1) is 13.2 Å². The molecule has 0 atom stereocenters. The Hall–Kier alpha value is -2.11. The van der Waals surface area contributed by atoms with Gasteiger partial charge in [0.15, 0.2) is 5.78 Å². The summed E-state index contributed by atoms with van der Waals surface area (Å²) in [5, 5.41) is 0. The maximum Gasteiger partial charge on any atom is 0.355 e. The zero-order valence-electron chi connectivity index (χ0n) is 16.3. The van der Waals surface area contributed by atoms with Gasteiger partial charge in [0.2, 0.25) is 5.91 Å². The number of ketones is 1. The highest BCUT2D eigenvalue weighted by molar-refractivity contribution is 6.04. The number of Topliss-reactive ketones (excluding diaryl/α,β-unsaturated/α-hetero) is 1. The van der Waals surface area contributed by atoms with Gasteiger partial charge in [0, 0.05) is 23.7 Å². The van der Waals surface area contributed by atoms with Crippen LogP contribution in [0.25, 0.3) is 0 Å². The number of aryl methyl sites for hydroxylation is 1. The van der Waals surface area contributed by atoms with Crippen LogP contribution in [0.4, 0.5) is 0 Å². The first-order valence-corrected chi connectivity index (χ1v) is 9.58. The van der Waals surface area contributed by atoms with Crippen LogP contribution in [0, 0.1) is 19.8 Å². The molecule has 0 spiro atoms. The molecule has 6 heteroatoms. The SMILES string of the molecule is CCOC(=O)c1[nH]c(C)c(C(=O)CN(CC)C(=O)C2CCCCC2)c1C. The van der Waals surface area contributed by atoms with E-state index in [2.05, 4.69) is 4.98 Å². The third-order valence-corrected chi connectivity index (χ3v) is 5.18. The third-order valence-electron chi connectivity index (χ3n) is 5.18. The number of nitrogens with zero attached hydrogens (tertiary/aromatic N) is 1. The summed E-state index contributed by atoms with van der Waals surface area (Å²) in [6.45, 7) is 7.98. The van der Waals surface area contributed by atoms with Gasteiger partial charge in [-0.25, -0.2) is 4.79 Å². The van der Waals surface area contributed by atoms with Crippen LogP contribution in [0.2, 0.25) is 0 Å². The first-order chi connectivity index (χ1) is 12.4. The first kappa shape index (κ1) is 20.2. The molecular weight excluding hydrogens is 332 g/mol. The van der Waals surface area contributed by atoms with Gasteiger partial charge < -0.3 is 14.6 Å². The zero-order valence-corrected chi connectivity index (χ0v) is 16.3. The van der Waals surface area contributed by atoms with Crippen LogP contribution >= 0.6 is 0 Å². The Kier molecular flexibility index (Phi) is 7.00. The minimum atomic E-state index is -0.460. The molecule has 1 aliphatic rings. The predicted octanol–water partition coefficient (Wildman–Crippen LogP) is 3.42.